The summed E-state index contributed by atoms with van der Waals surface area (Å²) >= 11 is 0. The van der Waals surface area contributed by atoms with Crippen molar-refractivity contribution in [2.24, 2.45) is 0 Å². The van der Waals surface area contributed by atoms with E-state index in [0.717, 1.165) is 47.3 Å². The molecule has 8 heteroatoms. The molecular formula is C41H49N3O5. The second kappa shape index (κ2) is 15.0. The van der Waals surface area contributed by atoms with Crippen LogP contribution in [0.2, 0.25) is 0 Å². The summed E-state index contributed by atoms with van der Waals surface area (Å²) in [5.41, 5.74) is 9.93. The van der Waals surface area contributed by atoms with E-state index >= 15 is 0 Å². The van der Waals surface area contributed by atoms with Crippen molar-refractivity contribution in [3.8, 4) is 5.75 Å². The van der Waals surface area contributed by atoms with E-state index in [1.807, 2.05) is 21.9 Å². The molecule has 0 spiro atoms. The first-order valence-corrected chi connectivity index (χ1v) is 17.7. The average Bonchev–Trinajstić information content (AvgIpc) is 3.91. The second-order valence-electron chi connectivity index (χ2n) is 14.1. The highest BCUT2D eigenvalue weighted by Crippen LogP contribution is 2.38. The van der Waals surface area contributed by atoms with Gasteiger partial charge in [-0.1, -0.05) is 54.6 Å². The summed E-state index contributed by atoms with van der Waals surface area (Å²) in [6, 6.07) is 21.0. The number of hydrogen-bond donors (Lipinski definition) is 2. The Balaban J connectivity index is 1.25. The van der Waals surface area contributed by atoms with Gasteiger partial charge in [0.15, 0.2) is 0 Å². The zero-order chi connectivity index (χ0) is 34.7. The number of rotatable bonds is 13. The van der Waals surface area contributed by atoms with Gasteiger partial charge in [0.25, 0.3) is 5.91 Å². The summed E-state index contributed by atoms with van der Waals surface area (Å²) in [4.78, 5) is 42.9. The maximum Gasteiger partial charge on any atom is 0.303 e. The smallest absolute Gasteiger partial charge is 0.303 e. The number of carbonyl (C=O) groups is 3. The van der Waals surface area contributed by atoms with Crippen LogP contribution in [0.25, 0.3) is 5.57 Å². The van der Waals surface area contributed by atoms with Crippen molar-refractivity contribution >= 4 is 23.4 Å². The number of benzene rings is 3. The number of aliphatic carboxylic acids is 1. The van der Waals surface area contributed by atoms with Crippen molar-refractivity contribution in [1.29, 1.82) is 0 Å². The summed E-state index contributed by atoms with van der Waals surface area (Å²) in [6.07, 6.45) is 3.88. The Labute approximate surface area is 290 Å². The normalized spacial score (nSPS) is 18.7. The van der Waals surface area contributed by atoms with E-state index in [4.69, 9.17) is 9.84 Å². The fourth-order valence-electron chi connectivity index (χ4n) is 7.30. The maximum atomic E-state index is 14.8. The minimum absolute atomic E-state index is 0.00793. The first-order valence-electron chi connectivity index (χ1n) is 17.7. The number of nitrogens with zero attached hydrogens (tertiary/aromatic N) is 2. The van der Waals surface area contributed by atoms with Crippen LogP contribution in [-0.4, -0.2) is 70.5 Å². The predicted octanol–water partition coefficient (Wildman–Crippen LogP) is 6.31. The summed E-state index contributed by atoms with van der Waals surface area (Å²) < 4.78 is 6.20. The SMILES string of the molecule is Cc1cc(C)c(C)c(OCCc2ccc(C3=C(C(=O)N(Cc4ccccc4C)C4CC4)C4CN(C(=O)CCCC(=O)O)CC(C3)N4)cc2)c1. The maximum absolute atomic E-state index is 14.8. The minimum atomic E-state index is -0.894. The molecule has 0 aromatic heterocycles. The van der Waals surface area contributed by atoms with E-state index in [1.165, 1.54) is 27.8 Å². The number of carboxylic acids is 1. The Bertz CT molecular complexity index is 1740. The third-order valence-electron chi connectivity index (χ3n) is 10.3. The molecule has 0 radical (unpaired) electrons. The van der Waals surface area contributed by atoms with Gasteiger partial charge >= 0.3 is 5.97 Å². The fourth-order valence-corrected chi connectivity index (χ4v) is 7.30. The van der Waals surface area contributed by atoms with Crippen molar-refractivity contribution in [3.05, 3.63) is 105 Å². The van der Waals surface area contributed by atoms with Crippen LogP contribution in [-0.2, 0) is 27.3 Å². The van der Waals surface area contributed by atoms with Gasteiger partial charge in [-0.3, -0.25) is 14.4 Å². The quantitative estimate of drug-likeness (QED) is 0.222. The lowest BCUT2D eigenvalue weighted by molar-refractivity contribution is -0.138. The van der Waals surface area contributed by atoms with Gasteiger partial charge in [0.2, 0.25) is 5.91 Å². The van der Waals surface area contributed by atoms with Crippen LogP contribution in [0.4, 0.5) is 0 Å². The second-order valence-corrected chi connectivity index (χ2v) is 14.1. The Morgan fingerprint density at radius 3 is 2.41 bits per heavy atom. The molecule has 2 unspecified atom stereocenters. The Morgan fingerprint density at radius 2 is 1.69 bits per heavy atom. The lowest BCUT2D eigenvalue weighted by Gasteiger charge is -2.45. The van der Waals surface area contributed by atoms with E-state index in [-0.39, 0.29) is 42.8 Å². The number of carbonyl (C=O) groups excluding carboxylic acids is 2. The first kappa shape index (κ1) is 34.4. The van der Waals surface area contributed by atoms with E-state index < -0.39 is 5.97 Å². The number of hydrogen-bond acceptors (Lipinski definition) is 5. The average molecular weight is 664 g/mol. The number of piperazine rings is 1. The Morgan fingerprint density at radius 1 is 0.939 bits per heavy atom. The van der Waals surface area contributed by atoms with Crippen molar-refractivity contribution in [2.45, 2.75) is 97.3 Å². The van der Waals surface area contributed by atoms with Crippen molar-refractivity contribution < 1.29 is 24.2 Å². The molecule has 2 N–H and O–H groups in total. The van der Waals surface area contributed by atoms with Gasteiger partial charge in [0, 0.05) is 56.6 Å². The predicted molar refractivity (Wildman–Crippen MR) is 191 cm³/mol. The standard InChI is InChI=1S/C41H49N3O5/c1-26-20-28(3)29(4)37(21-26)49-19-18-30-12-14-31(15-13-30)35-22-33-24-43(38(45)10-7-11-39(46)47)25-36(42-33)40(35)41(48)44(34-16-17-34)23-32-9-6-5-8-27(32)2/h5-6,8-9,12-15,20-21,33-34,36,42H,7,10-11,16-19,22-25H2,1-4H3,(H,46,47). The van der Waals surface area contributed by atoms with Gasteiger partial charge in [0.05, 0.1) is 12.6 Å². The topological polar surface area (TPSA) is 99.2 Å². The molecule has 3 aromatic carbocycles. The lowest BCUT2D eigenvalue weighted by Crippen LogP contribution is -2.62. The molecular weight excluding hydrogens is 614 g/mol. The van der Waals surface area contributed by atoms with Crippen LogP contribution in [0.15, 0.2) is 66.2 Å². The van der Waals surface area contributed by atoms with Crippen molar-refractivity contribution in [3.63, 3.8) is 0 Å². The third-order valence-corrected chi connectivity index (χ3v) is 10.3. The van der Waals surface area contributed by atoms with E-state index in [0.29, 0.717) is 39.1 Å². The van der Waals surface area contributed by atoms with Gasteiger partial charge in [-0.15, -0.1) is 0 Å². The molecule has 8 nitrogen and oxygen atoms in total. The molecule has 3 aliphatic rings. The van der Waals surface area contributed by atoms with Gasteiger partial charge in [-0.05, 0) is 104 Å². The molecule has 258 valence electrons. The molecule has 3 aromatic rings. The molecule has 1 saturated carbocycles. The summed E-state index contributed by atoms with van der Waals surface area (Å²) in [5.74, 6) is 0.0333. The largest absolute Gasteiger partial charge is 0.493 e. The molecule has 2 bridgehead atoms. The number of carboxylic acid groups (broad SMARTS) is 1. The molecule has 2 atom stereocenters. The van der Waals surface area contributed by atoms with Crippen LogP contribution in [0.5, 0.6) is 5.75 Å². The van der Waals surface area contributed by atoms with E-state index in [9.17, 15) is 14.4 Å². The van der Waals surface area contributed by atoms with Gasteiger partial charge < -0.3 is 25.0 Å². The molecule has 2 heterocycles. The van der Waals surface area contributed by atoms with Crippen molar-refractivity contribution in [1.82, 2.24) is 15.1 Å². The highest BCUT2D eigenvalue weighted by atomic mass is 16.5. The molecule has 2 fully saturated rings. The highest BCUT2D eigenvalue weighted by Gasteiger charge is 2.43. The molecule has 1 aliphatic carbocycles. The van der Waals surface area contributed by atoms with Crippen LogP contribution in [0, 0.1) is 27.7 Å². The van der Waals surface area contributed by atoms with Crippen LogP contribution in [0.1, 0.15) is 77.5 Å². The number of nitrogens with one attached hydrogen (secondary N) is 1. The molecule has 49 heavy (non-hydrogen) atoms. The van der Waals surface area contributed by atoms with Crippen molar-refractivity contribution in [2.75, 3.05) is 19.7 Å². The monoisotopic (exact) mass is 663 g/mol. The number of amides is 2. The van der Waals surface area contributed by atoms with Crippen LogP contribution in [0.3, 0.4) is 0 Å². The lowest BCUT2D eigenvalue weighted by atomic mass is 9.82. The minimum Gasteiger partial charge on any atom is -0.493 e. The van der Waals surface area contributed by atoms with Crippen LogP contribution >= 0.6 is 0 Å². The summed E-state index contributed by atoms with van der Waals surface area (Å²) in [5, 5.41) is 12.8. The zero-order valence-electron chi connectivity index (χ0n) is 29.3. The van der Waals surface area contributed by atoms with Gasteiger partial charge in [0.1, 0.15) is 5.75 Å². The molecule has 2 aliphatic heterocycles. The van der Waals surface area contributed by atoms with Gasteiger partial charge in [-0.2, -0.15) is 0 Å². The third kappa shape index (κ3) is 8.24. The number of fused-ring (bicyclic) bond motifs is 2. The Hall–Kier alpha value is -4.43. The van der Waals surface area contributed by atoms with E-state index in [1.54, 1.807) is 0 Å². The molecule has 6 rings (SSSR count). The molecule has 2 amide bonds. The fraction of sp³-hybridized carbons (Fsp3) is 0.439. The van der Waals surface area contributed by atoms with E-state index in [2.05, 4.69) is 81.5 Å². The summed E-state index contributed by atoms with van der Waals surface area (Å²) in [7, 11) is 0. The number of ether oxygens (including phenoxy) is 1. The Kier molecular flexibility index (Phi) is 10.5. The van der Waals surface area contributed by atoms with Gasteiger partial charge in [-0.25, -0.2) is 0 Å². The number of aryl methyl sites for hydroxylation is 3. The van der Waals surface area contributed by atoms with Crippen LogP contribution < -0.4 is 10.1 Å². The molecule has 1 saturated heterocycles. The zero-order valence-corrected chi connectivity index (χ0v) is 29.3. The summed E-state index contributed by atoms with van der Waals surface area (Å²) in [6.45, 7) is 10.5. The first-order chi connectivity index (χ1) is 23.6. The highest BCUT2D eigenvalue weighted by molar-refractivity contribution is 6.03.